The van der Waals surface area contributed by atoms with E-state index in [1.807, 2.05) is 35.2 Å². The number of likely N-dealkylation sites (tertiary alicyclic amines) is 1. The Morgan fingerprint density at radius 2 is 1.89 bits per heavy atom. The highest BCUT2D eigenvalue weighted by Crippen LogP contribution is 2.17. The summed E-state index contributed by atoms with van der Waals surface area (Å²) in [5.74, 6) is 0.517. The maximum atomic E-state index is 12.5. The third kappa shape index (κ3) is 5.77. The van der Waals surface area contributed by atoms with Crippen molar-refractivity contribution in [3.8, 4) is 5.88 Å². The number of methoxy groups -OCH3 is 1. The van der Waals surface area contributed by atoms with Crippen molar-refractivity contribution in [2.24, 2.45) is 0 Å². The van der Waals surface area contributed by atoms with E-state index in [-0.39, 0.29) is 12.0 Å². The Morgan fingerprint density at radius 1 is 1.11 bits per heavy atom. The smallest absolute Gasteiger partial charge is 0.255 e. The molecule has 3 rings (SSSR count). The molecular formula is C21H26N2O4. The van der Waals surface area contributed by atoms with Crippen molar-refractivity contribution in [2.75, 3.05) is 33.4 Å². The Balaban J connectivity index is 1.33. The normalized spacial score (nSPS) is 14.9. The Bertz CT molecular complexity index is 698. The van der Waals surface area contributed by atoms with Gasteiger partial charge in [0.2, 0.25) is 5.88 Å². The van der Waals surface area contributed by atoms with Gasteiger partial charge in [-0.15, -0.1) is 0 Å². The van der Waals surface area contributed by atoms with Gasteiger partial charge in [-0.3, -0.25) is 4.79 Å². The third-order valence-electron chi connectivity index (χ3n) is 4.61. The topological polar surface area (TPSA) is 60.9 Å². The van der Waals surface area contributed by atoms with Gasteiger partial charge in [-0.05, 0) is 24.5 Å². The van der Waals surface area contributed by atoms with Crippen molar-refractivity contribution in [1.82, 2.24) is 9.88 Å². The highest BCUT2D eigenvalue weighted by molar-refractivity contribution is 5.94. The Kier molecular flexibility index (Phi) is 7.19. The molecule has 2 heterocycles. The molecule has 1 aliphatic rings. The quantitative estimate of drug-likeness (QED) is 0.669. The van der Waals surface area contributed by atoms with Gasteiger partial charge in [0.05, 0.1) is 38.6 Å². The number of piperidine rings is 1. The second-order valence-corrected chi connectivity index (χ2v) is 6.49. The molecule has 6 nitrogen and oxygen atoms in total. The lowest BCUT2D eigenvalue weighted by molar-refractivity contribution is -0.0229. The number of benzene rings is 1. The van der Waals surface area contributed by atoms with Gasteiger partial charge in [-0.1, -0.05) is 30.3 Å². The minimum absolute atomic E-state index is 0.00907. The predicted octanol–water partition coefficient (Wildman–Crippen LogP) is 2.93. The molecule has 0 N–H and O–H groups in total. The van der Waals surface area contributed by atoms with Crippen molar-refractivity contribution >= 4 is 5.91 Å². The minimum Gasteiger partial charge on any atom is -0.481 e. The van der Waals surface area contributed by atoms with Crippen LogP contribution in [0.2, 0.25) is 0 Å². The molecule has 1 saturated heterocycles. The maximum absolute atomic E-state index is 12.5. The molecule has 2 aromatic rings. The lowest BCUT2D eigenvalue weighted by atomic mass is 10.1. The van der Waals surface area contributed by atoms with E-state index in [9.17, 15) is 4.79 Å². The largest absolute Gasteiger partial charge is 0.481 e. The molecule has 0 saturated carbocycles. The summed E-state index contributed by atoms with van der Waals surface area (Å²) in [4.78, 5) is 18.5. The number of rotatable bonds is 8. The molecule has 0 unspecified atom stereocenters. The van der Waals surface area contributed by atoms with Crippen molar-refractivity contribution in [3.05, 3.63) is 59.8 Å². The summed E-state index contributed by atoms with van der Waals surface area (Å²) in [6, 6.07) is 13.6. The van der Waals surface area contributed by atoms with E-state index in [0.29, 0.717) is 44.4 Å². The number of amides is 1. The fourth-order valence-corrected chi connectivity index (χ4v) is 3.07. The van der Waals surface area contributed by atoms with Crippen LogP contribution in [0.25, 0.3) is 0 Å². The van der Waals surface area contributed by atoms with E-state index in [2.05, 4.69) is 4.98 Å². The first kappa shape index (κ1) is 19.3. The lowest BCUT2D eigenvalue weighted by Crippen LogP contribution is -2.41. The number of aromatic nitrogens is 1. The molecule has 0 bridgehead atoms. The first-order chi connectivity index (χ1) is 13.3. The van der Waals surface area contributed by atoms with Gasteiger partial charge in [-0.25, -0.2) is 4.98 Å². The number of pyridine rings is 1. The molecule has 0 atom stereocenters. The van der Waals surface area contributed by atoms with E-state index in [4.69, 9.17) is 14.2 Å². The molecule has 1 fully saturated rings. The van der Waals surface area contributed by atoms with Crippen LogP contribution in [-0.2, 0) is 16.1 Å². The summed E-state index contributed by atoms with van der Waals surface area (Å²) >= 11 is 0. The van der Waals surface area contributed by atoms with Gasteiger partial charge in [0.1, 0.15) is 0 Å². The molecule has 0 spiro atoms. The van der Waals surface area contributed by atoms with E-state index in [0.717, 1.165) is 18.4 Å². The molecule has 0 radical (unpaired) electrons. The number of ether oxygens (including phenoxy) is 3. The van der Waals surface area contributed by atoms with Crippen LogP contribution in [-0.4, -0.2) is 55.3 Å². The van der Waals surface area contributed by atoms with Crippen molar-refractivity contribution in [2.45, 2.75) is 25.6 Å². The molecule has 0 aliphatic carbocycles. The second kappa shape index (κ2) is 10.0. The van der Waals surface area contributed by atoms with Crippen molar-refractivity contribution in [1.29, 1.82) is 0 Å². The van der Waals surface area contributed by atoms with Crippen LogP contribution < -0.4 is 4.74 Å². The zero-order valence-electron chi connectivity index (χ0n) is 15.7. The Labute approximate surface area is 160 Å². The summed E-state index contributed by atoms with van der Waals surface area (Å²) < 4.78 is 16.6. The van der Waals surface area contributed by atoms with Crippen LogP contribution in [0.1, 0.15) is 28.8 Å². The number of carbonyl (C=O) groups excluding carboxylic acids is 1. The SMILES string of the molecule is COc1ccc(C(=O)N2CCC(OCCOCc3ccccc3)CC2)cn1. The lowest BCUT2D eigenvalue weighted by Gasteiger charge is -2.32. The zero-order valence-corrected chi connectivity index (χ0v) is 15.7. The molecule has 27 heavy (non-hydrogen) atoms. The molecule has 1 amide bonds. The number of carbonyl (C=O) groups is 1. The first-order valence-electron chi connectivity index (χ1n) is 9.29. The van der Waals surface area contributed by atoms with E-state index >= 15 is 0 Å². The van der Waals surface area contributed by atoms with E-state index in [1.165, 1.54) is 0 Å². The van der Waals surface area contributed by atoms with E-state index in [1.54, 1.807) is 25.4 Å². The van der Waals surface area contributed by atoms with Gasteiger partial charge in [-0.2, -0.15) is 0 Å². The third-order valence-corrected chi connectivity index (χ3v) is 4.61. The van der Waals surface area contributed by atoms with Crippen LogP contribution in [0.15, 0.2) is 48.7 Å². The average Bonchev–Trinajstić information content (AvgIpc) is 2.74. The Hall–Kier alpha value is -2.44. The van der Waals surface area contributed by atoms with Crippen LogP contribution in [0.3, 0.4) is 0 Å². The maximum Gasteiger partial charge on any atom is 0.255 e. The average molecular weight is 370 g/mol. The van der Waals surface area contributed by atoms with Crippen LogP contribution >= 0.6 is 0 Å². The number of hydrogen-bond acceptors (Lipinski definition) is 5. The van der Waals surface area contributed by atoms with Gasteiger partial charge < -0.3 is 19.1 Å². The number of nitrogens with zero attached hydrogens (tertiary/aromatic N) is 2. The molecule has 6 heteroatoms. The first-order valence-corrected chi connectivity index (χ1v) is 9.29. The minimum atomic E-state index is 0.00907. The van der Waals surface area contributed by atoms with E-state index < -0.39 is 0 Å². The van der Waals surface area contributed by atoms with Crippen LogP contribution in [0, 0.1) is 0 Å². The molecule has 1 aromatic heterocycles. The summed E-state index contributed by atoms with van der Waals surface area (Å²) in [7, 11) is 1.56. The van der Waals surface area contributed by atoms with Crippen molar-refractivity contribution < 1.29 is 19.0 Å². The number of hydrogen-bond donors (Lipinski definition) is 0. The summed E-state index contributed by atoms with van der Waals surface area (Å²) in [6.45, 7) is 3.15. The van der Waals surface area contributed by atoms with Gasteiger partial charge in [0, 0.05) is 25.4 Å². The monoisotopic (exact) mass is 370 g/mol. The highest BCUT2D eigenvalue weighted by Gasteiger charge is 2.24. The van der Waals surface area contributed by atoms with Crippen LogP contribution in [0.5, 0.6) is 5.88 Å². The fraction of sp³-hybridized carbons (Fsp3) is 0.429. The molecular weight excluding hydrogens is 344 g/mol. The standard InChI is InChI=1S/C21H26N2O4/c1-25-20-8-7-18(15-22-20)21(24)23-11-9-19(10-12-23)27-14-13-26-16-17-5-3-2-4-6-17/h2-8,15,19H,9-14,16H2,1H3. The van der Waals surface area contributed by atoms with Gasteiger partial charge >= 0.3 is 0 Å². The Morgan fingerprint density at radius 3 is 2.56 bits per heavy atom. The fourth-order valence-electron chi connectivity index (χ4n) is 3.07. The second-order valence-electron chi connectivity index (χ2n) is 6.49. The summed E-state index contributed by atoms with van der Waals surface area (Å²) in [5.41, 5.74) is 1.75. The molecule has 144 valence electrons. The summed E-state index contributed by atoms with van der Waals surface area (Å²) in [6.07, 6.45) is 3.43. The summed E-state index contributed by atoms with van der Waals surface area (Å²) in [5, 5.41) is 0. The molecule has 1 aromatic carbocycles. The highest BCUT2D eigenvalue weighted by atomic mass is 16.5. The van der Waals surface area contributed by atoms with Gasteiger partial charge in [0.25, 0.3) is 5.91 Å². The van der Waals surface area contributed by atoms with Crippen LogP contribution in [0.4, 0.5) is 0 Å². The predicted molar refractivity (Wildman–Crippen MR) is 102 cm³/mol. The van der Waals surface area contributed by atoms with Crippen molar-refractivity contribution in [3.63, 3.8) is 0 Å². The zero-order chi connectivity index (χ0) is 18.9. The van der Waals surface area contributed by atoms with Gasteiger partial charge in [0.15, 0.2) is 0 Å². The molecule has 1 aliphatic heterocycles.